The SMILES string of the molecule is CC/C=C\C/C=C\C/C=C\C/C=C\C/C=C\C/C=C\C/C=C\CCCCCCCC(=O)NC(COC1OC(CO)C(OC2OC(CO)C(O)C(O)C2O)C(O)C1O)C(O)/C=C/CC/C=C/CCCCC. The summed E-state index contributed by atoms with van der Waals surface area (Å²) in [7, 11) is 0. The van der Waals surface area contributed by atoms with E-state index in [1.807, 2.05) is 6.08 Å². The van der Waals surface area contributed by atoms with E-state index in [1.54, 1.807) is 6.08 Å². The molecule has 12 atom stereocenters. The van der Waals surface area contributed by atoms with Gasteiger partial charge in [-0.2, -0.15) is 0 Å². The number of amides is 1. The Bertz CT molecular complexity index is 1590. The standard InChI is InChI=1S/C56H91NO13/c1-3-5-7-9-11-13-14-15-16-17-18-19-20-21-22-23-24-25-26-27-28-29-30-32-34-36-38-40-48(61)57-44(45(60)39-37-35-33-31-12-10-8-6-4-2)43-67-55-53(66)51(64)54(47(42-59)69-55)70-56-52(65)50(63)49(62)46(41-58)68-56/h5,7,11-13,15-16,18-19,21-22,24-25,27-28,31,37,39,44-47,49-56,58-60,62-66H,3-4,6,8-10,14,17,20,23,26,29-30,32-36,38,40-43H2,1-2H3,(H,57,61)/b7-5-,13-11-,16-15-,19-18-,22-21-,25-24-,28-27-,31-12+,39-37+. The van der Waals surface area contributed by atoms with Crippen molar-refractivity contribution in [3.05, 3.63) is 109 Å². The number of rotatable bonds is 38. The van der Waals surface area contributed by atoms with E-state index >= 15 is 0 Å². The molecule has 0 aromatic heterocycles. The molecule has 14 heteroatoms. The lowest BCUT2D eigenvalue weighted by atomic mass is 9.97. The zero-order valence-electron chi connectivity index (χ0n) is 42.2. The monoisotopic (exact) mass is 986 g/mol. The molecule has 2 rings (SSSR count). The van der Waals surface area contributed by atoms with Gasteiger partial charge in [0.2, 0.25) is 5.91 Å². The number of nitrogens with one attached hydrogen (secondary N) is 1. The van der Waals surface area contributed by atoms with Crippen LogP contribution in [-0.4, -0.2) is 140 Å². The van der Waals surface area contributed by atoms with Crippen LogP contribution >= 0.6 is 0 Å². The second-order valence-corrected chi connectivity index (χ2v) is 17.9. The van der Waals surface area contributed by atoms with Crippen LogP contribution in [0.1, 0.15) is 142 Å². The predicted molar refractivity (Wildman–Crippen MR) is 276 cm³/mol. The van der Waals surface area contributed by atoms with Gasteiger partial charge in [0.1, 0.15) is 48.8 Å². The summed E-state index contributed by atoms with van der Waals surface area (Å²) in [5.41, 5.74) is 0. The van der Waals surface area contributed by atoms with E-state index in [0.29, 0.717) is 12.8 Å². The van der Waals surface area contributed by atoms with Gasteiger partial charge in [-0.15, -0.1) is 0 Å². The molecule has 14 nitrogen and oxygen atoms in total. The summed E-state index contributed by atoms with van der Waals surface area (Å²) < 4.78 is 22.6. The van der Waals surface area contributed by atoms with Crippen LogP contribution < -0.4 is 5.32 Å². The molecular formula is C56H91NO13. The number of carbonyl (C=O) groups is 1. The molecule has 2 aliphatic rings. The Morgan fingerprint density at radius 2 is 1.00 bits per heavy atom. The maximum atomic E-state index is 13.1. The Balaban J connectivity index is 1.76. The van der Waals surface area contributed by atoms with Crippen molar-refractivity contribution in [3.63, 3.8) is 0 Å². The van der Waals surface area contributed by atoms with Crippen molar-refractivity contribution < 1.29 is 64.6 Å². The third kappa shape index (κ3) is 27.5. The molecule has 0 radical (unpaired) electrons. The summed E-state index contributed by atoms with van der Waals surface area (Å²) >= 11 is 0. The number of aliphatic hydroxyl groups is 8. The van der Waals surface area contributed by atoms with Crippen LogP contribution in [0.3, 0.4) is 0 Å². The van der Waals surface area contributed by atoms with Crippen LogP contribution in [-0.2, 0) is 23.7 Å². The first-order chi connectivity index (χ1) is 34.1. The molecule has 0 aliphatic carbocycles. The second kappa shape index (κ2) is 41.2. The van der Waals surface area contributed by atoms with Gasteiger partial charge in [-0.25, -0.2) is 0 Å². The Labute approximate surface area is 419 Å². The summed E-state index contributed by atoms with van der Waals surface area (Å²) in [6.45, 7) is 2.55. The van der Waals surface area contributed by atoms with E-state index in [-0.39, 0.29) is 18.9 Å². The van der Waals surface area contributed by atoms with Crippen molar-refractivity contribution in [2.45, 2.75) is 216 Å². The lowest BCUT2D eigenvalue weighted by Gasteiger charge is -2.46. The molecule has 0 aromatic rings. The number of unbranched alkanes of at least 4 members (excludes halogenated alkanes) is 9. The minimum atomic E-state index is -1.80. The molecule has 9 N–H and O–H groups in total. The van der Waals surface area contributed by atoms with Crippen molar-refractivity contribution in [3.8, 4) is 0 Å². The van der Waals surface area contributed by atoms with Gasteiger partial charge in [0.25, 0.3) is 0 Å². The third-order valence-electron chi connectivity index (χ3n) is 11.9. The molecule has 0 aromatic carbocycles. The van der Waals surface area contributed by atoms with Gasteiger partial charge in [0, 0.05) is 6.42 Å². The Morgan fingerprint density at radius 3 is 1.57 bits per heavy atom. The van der Waals surface area contributed by atoms with Crippen LogP contribution in [0.5, 0.6) is 0 Å². The van der Waals surface area contributed by atoms with Gasteiger partial charge in [0.15, 0.2) is 12.6 Å². The average molecular weight is 986 g/mol. The first-order valence-corrected chi connectivity index (χ1v) is 26.1. The number of aliphatic hydroxyl groups excluding tert-OH is 8. The van der Waals surface area contributed by atoms with Crippen molar-refractivity contribution in [2.24, 2.45) is 0 Å². The Morgan fingerprint density at radius 1 is 0.529 bits per heavy atom. The van der Waals surface area contributed by atoms with Gasteiger partial charge in [0.05, 0.1) is 32.0 Å². The maximum absolute atomic E-state index is 13.1. The summed E-state index contributed by atoms with van der Waals surface area (Å²) in [4.78, 5) is 13.1. The van der Waals surface area contributed by atoms with Crippen LogP contribution in [0, 0.1) is 0 Å². The number of allylic oxidation sites excluding steroid dienone is 17. The van der Waals surface area contributed by atoms with E-state index in [2.05, 4.69) is 116 Å². The van der Waals surface area contributed by atoms with Crippen LogP contribution in [0.25, 0.3) is 0 Å². The largest absolute Gasteiger partial charge is 0.394 e. The number of hydrogen-bond acceptors (Lipinski definition) is 13. The van der Waals surface area contributed by atoms with Crippen LogP contribution in [0.15, 0.2) is 109 Å². The predicted octanol–water partition coefficient (Wildman–Crippen LogP) is 7.32. The van der Waals surface area contributed by atoms with Gasteiger partial charge < -0.3 is 65.1 Å². The molecule has 0 saturated carbocycles. The fourth-order valence-electron chi connectivity index (χ4n) is 7.69. The highest BCUT2D eigenvalue weighted by Gasteiger charge is 2.51. The molecule has 2 fully saturated rings. The number of hydrogen-bond donors (Lipinski definition) is 9. The van der Waals surface area contributed by atoms with Crippen molar-refractivity contribution in [1.82, 2.24) is 5.32 Å². The fourth-order valence-corrected chi connectivity index (χ4v) is 7.69. The molecule has 0 bridgehead atoms. The molecule has 2 saturated heterocycles. The van der Waals surface area contributed by atoms with E-state index in [4.69, 9.17) is 18.9 Å². The highest BCUT2D eigenvalue weighted by Crippen LogP contribution is 2.30. The molecule has 2 heterocycles. The molecule has 2 aliphatic heterocycles. The van der Waals surface area contributed by atoms with Crippen molar-refractivity contribution in [2.75, 3.05) is 19.8 Å². The van der Waals surface area contributed by atoms with Gasteiger partial charge in [-0.3, -0.25) is 4.79 Å². The van der Waals surface area contributed by atoms with Gasteiger partial charge >= 0.3 is 0 Å². The van der Waals surface area contributed by atoms with E-state index < -0.39 is 86.8 Å². The Kier molecular flexibility index (Phi) is 36.9. The topological polar surface area (TPSA) is 228 Å². The Hall–Kier alpha value is -3.35. The molecular weight excluding hydrogens is 895 g/mol. The summed E-state index contributed by atoms with van der Waals surface area (Å²) in [5.74, 6) is -0.278. The van der Waals surface area contributed by atoms with Gasteiger partial charge in [-0.05, 0) is 89.9 Å². The molecule has 0 spiro atoms. The first kappa shape index (κ1) is 62.8. The zero-order valence-corrected chi connectivity index (χ0v) is 42.2. The second-order valence-electron chi connectivity index (χ2n) is 17.9. The molecule has 70 heavy (non-hydrogen) atoms. The van der Waals surface area contributed by atoms with Crippen molar-refractivity contribution >= 4 is 5.91 Å². The molecule has 398 valence electrons. The normalized spacial score (nSPS) is 26.9. The maximum Gasteiger partial charge on any atom is 0.220 e. The first-order valence-electron chi connectivity index (χ1n) is 26.1. The molecule has 1 amide bonds. The van der Waals surface area contributed by atoms with Crippen LogP contribution in [0.2, 0.25) is 0 Å². The lowest BCUT2D eigenvalue weighted by Crippen LogP contribution is -2.65. The minimum absolute atomic E-state index is 0.243. The number of ether oxygens (including phenoxy) is 4. The van der Waals surface area contributed by atoms with E-state index in [9.17, 15) is 45.6 Å². The smallest absolute Gasteiger partial charge is 0.220 e. The minimum Gasteiger partial charge on any atom is -0.394 e. The number of carbonyl (C=O) groups excluding carboxylic acids is 1. The van der Waals surface area contributed by atoms with Crippen LogP contribution in [0.4, 0.5) is 0 Å². The summed E-state index contributed by atoms with van der Waals surface area (Å²) in [6, 6.07) is -0.948. The van der Waals surface area contributed by atoms with E-state index in [0.717, 1.165) is 103 Å². The fraction of sp³-hybridized carbons (Fsp3) is 0.661. The van der Waals surface area contributed by atoms with Gasteiger partial charge in [-0.1, -0.05) is 155 Å². The summed E-state index contributed by atoms with van der Waals surface area (Å²) in [5, 5.41) is 86.5. The average Bonchev–Trinajstić information content (AvgIpc) is 3.36. The zero-order chi connectivity index (χ0) is 51.0. The quantitative estimate of drug-likeness (QED) is 0.0219. The highest BCUT2D eigenvalue weighted by atomic mass is 16.7. The van der Waals surface area contributed by atoms with Crippen molar-refractivity contribution in [1.29, 1.82) is 0 Å². The summed E-state index contributed by atoms with van der Waals surface area (Å²) in [6.07, 6.45) is 40.1. The highest BCUT2D eigenvalue weighted by molar-refractivity contribution is 5.76. The van der Waals surface area contributed by atoms with E-state index in [1.165, 1.54) is 6.42 Å². The molecule has 12 unspecified atom stereocenters. The lowest BCUT2D eigenvalue weighted by molar-refractivity contribution is -0.359. The third-order valence-corrected chi connectivity index (χ3v) is 11.9.